The number of anilines is 1. The predicted octanol–water partition coefficient (Wildman–Crippen LogP) is 2.20. The molecule has 1 aliphatic heterocycles. The number of hydrogen-bond donors (Lipinski definition) is 1. The van der Waals surface area contributed by atoms with Gasteiger partial charge in [0.05, 0.1) is 11.6 Å². The molecule has 0 saturated carbocycles. The van der Waals surface area contributed by atoms with Crippen LogP contribution in [0.5, 0.6) is 0 Å². The van der Waals surface area contributed by atoms with Gasteiger partial charge in [-0.15, -0.1) is 0 Å². The summed E-state index contributed by atoms with van der Waals surface area (Å²) in [6, 6.07) is 4.06. The van der Waals surface area contributed by atoms with E-state index in [1.165, 1.54) is 0 Å². The Balaban J connectivity index is 1.86. The molecule has 1 atom stereocenters. The third-order valence-electron chi connectivity index (χ3n) is 3.97. The molecule has 3 heterocycles. The van der Waals surface area contributed by atoms with Gasteiger partial charge in [0.25, 0.3) is 5.91 Å². The molecule has 2 aromatic rings. The maximum atomic E-state index is 12.7. The highest BCUT2D eigenvalue weighted by Crippen LogP contribution is 2.33. The van der Waals surface area contributed by atoms with Gasteiger partial charge in [0.15, 0.2) is 0 Å². The molecule has 0 radical (unpaired) electrons. The van der Waals surface area contributed by atoms with Gasteiger partial charge in [0, 0.05) is 32.2 Å². The maximum Gasteiger partial charge on any atom is 0.257 e. The van der Waals surface area contributed by atoms with E-state index in [1.54, 1.807) is 18.6 Å². The summed E-state index contributed by atoms with van der Waals surface area (Å²) in [5.41, 5.74) is 1.65. The Morgan fingerprint density at radius 1 is 1.32 bits per heavy atom. The topological polar surface area (TPSA) is 71.0 Å². The molecular weight excluding hydrogens is 278 g/mol. The molecule has 0 aliphatic carbocycles. The second-order valence-corrected chi connectivity index (χ2v) is 5.40. The SMILES string of the molecule is CNc1cc(C2CCCN2C(=O)c2cnc(C)nc2)ccn1. The molecule has 6 nitrogen and oxygen atoms in total. The van der Waals surface area contributed by atoms with Crippen LogP contribution < -0.4 is 5.32 Å². The lowest BCUT2D eigenvalue weighted by molar-refractivity contribution is 0.0734. The van der Waals surface area contributed by atoms with Gasteiger partial charge in [-0.05, 0) is 37.5 Å². The van der Waals surface area contributed by atoms with Crippen LogP contribution >= 0.6 is 0 Å². The van der Waals surface area contributed by atoms with E-state index in [2.05, 4.69) is 20.3 Å². The number of rotatable bonds is 3. The fourth-order valence-corrected chi connectivity index (χ4v) is 2.82. The first-order valence-electron chi connectivity index (χ1n) is 7.42. The molecule has 6 heteroatoms. The highest BCUT2D eigenvalue weighted by atomic mass is 16.2. The quantitative estimate of drug-likeness (QED) is 0.940. The zero-order valence-electron chi connectivity index (χ0n) is 12.8. The number of aryl methyl sites for hydroxylation is 1. The van der Waals surface area contributed by atoms with E-state index in [4.69, 9.17) is 0 Å². The van der Waals surface area contributed by atoms with E-state index >= 15 is 0 Å². The number of pyridine rings is 1. The molecule has 1 amide bonds. The molecule has 3 rings (SSSR count). The fraction of sp³-hybridized carbons (Fsp3) is 0.375. The van der Waals surface area contributed by atoms with Gasteiger partial charge in [0.2, 0.25) is 0 Å². The largest absolute Gasteiger partial charge is 0.373 e. The minimum Gasteiger partial charge on any atom is -0.373 e. The Morgan fingerprint density at radius 2 is 2.09 bits per heavy atom. The van der Waals surface area contributed by atoms with Crippen molar-refractivity contribution < 1.29 is 4.79 Å². The van der Waals surface area contributed by atoms with E-state index in [0.29, 0.717) is 11.4 Å². The molecule has 22 heavy (non-hydrogen) atoms. The monoisotopic (exact) mass is 297 g/mol. The van der Waals surface area contributed by atoms with Gasteiger partial charge in [-0.1, -0.05) is 0 Å². The second kappa shape index (κ2) is 6.09. The van der Waals surface area contributed by atoms with Crippen LogP contribution in [-0.2, 0) is 0 Å². The molecule has 0 bridgehead atoms. The van der Waals surface area contributed by atoms with E-state index in [9.17, 15) is 4.79 Å². The lowest BCUT2D eigenvalue weighted by Gasteiger charge is -2.25. The van der Waals surface area contributed by atoms with Crippen molar-refractivity contribution in [1.82, 2.24) is 19.9 Å². The number of carbonyl (C=O) groups excluding carboxylic acids is 1. The standard InChI is InChI=1S/C16H19N5O/c1-11-19-9-13(10-20-11)16(22)21-7-3-4-14(21)12-5-6-18-15(8-12)17-2/h5-6,8-10,14H,3-4,7H2,1-2H3,(H,17,18). The molecule has 2 aromatic heterocycles. The summed E-state index contributed by atoms with van der Waals surface area (Å²) < 4.78 is 0. The molecule has 1 N–H and O–H groups in total. The number of nitrogens with zero attached hydrogens (tertiary/aromatic N) is 4. The fourth-order valence-electron chi connectivity index (χ4n) is 2.82. The first-order valence-corrected chi connectivity index (χ1v) is 7.42. The van der Waals surface area contributed by atoms with Gasteiger partial charge < -0.3 is 10.2 Å². The average Bonchev–Trinajstić information content (AvgIpc) is 3.04. The van der Waals surface area contributed by atoms with Crippen LogP contribution in [-0.4, -0.2) is 39.4 Å². The summed E-state index contributed by atoms with van der Waals surface area (Å²) in [4.78, 5) is 27.1. The molecule has 1 saturated heterocycles. The summed E-state index contributed by atoms with van der Waals surface area (Å²) in [6.45, 7) is 2.57. The van der Waals surface area contributed by atoms with Crippen LogP contribution in [0.15, 0.2) is 30.7 Å². The van der Waals surface area contributed by atoms with Crippen molar-refractivity contribution >= 4 is 11.7 Å². The van der Waals surface area contributed by atoms with E-state index in [-0.39, 0.29) is 11.9 Å². The maximum absolute atomic E-state index is 12.7. The van der Waals surface area contributed by atoms with Crippen LogP contribution in [0.4, 0.5) is 5.82 Å². The lowest BCUT2D eigenvalue weighted by atomic mass is 10.1. The van der Waals surface area contributed by atoms with Crippen molar-refractivity contribution in [3.8, 4) is 0 Å². The van der Waals surface area contributed by atoms with Crippen LogP contribution in [0.25, 0.3) is 0 Å². The average molecular weight is 297 g/mol. The first-order chi connectivity index (χ1) is 10.7. The summed E-state index contributed by atoms with van der Waals surface area (Å²) in [6.07, 6.45) is 6.94. The van der Waals surface area contributed by atoms with Gasteiger partial charge in [-0.25, -0.2) is 15.0 Å². The van der Waals surface area contributed by atoms with Crippen molar-refractivity contribution in [3.05, 3.63) is 47.7 Å². The number of carbonyl (C=O) groups is 1. The smallest absolute Gasteiger partial charge is 0.257 e. The third-order valence-corrected chi connectivity index (χ3v) is 3.97. The predicted molar refractivity (Wildman–Crippen MR) is 83.6 cm³/mol. The van der Waals surface area contributed by atoms with Gasteiger partial charge in [-0.3, -0.25) is 4.79 Å². The minimum absolute atomic E-state index is 0.00896. The van der Waals surface area contributed by atoms with Crippen LogP contribution in [0, 0.1) is 6.92 Å². The molecular formula is C16H19N5O. The molecule has 0 spiro atoms. The van der Waals surface area contributed by atoms with Crippen LogP contribution in [0.2, 0.25) is 0 Å². The number of amides is 1. The minimum atomic E-state index is -0.00896. The van der Waals surface area contributed by atoms with Gasteiger partial charge in [0.1, 0.15) is 11.6 Å². The van der Waals surface area contributed by atoms with Crippen molar-refractivity contribution in [2.24, 2.45) is 0 Å². The number of hydrogen-bond acceptors (Lipinski definition) is 5. The van der Waals surface area contributed by atoms with Crippen molar-refractivity contribution in [1.29, 1.82) is 0 Å². The molecule has 1 fully saturated rings. The van der Waals surface area contributed by atoms with Gasteiger partial charge in [-0.2, -0.15) is 0 Å². The van der Waals surface area contributed by atoms with Crippen LogP contribution in [0.1, 0.15) is 40.6 Å². The zero-order valence-corrected chi connectivity index (χ0v) is 12.8. The molecule has 1 aliphatic rings. The Labute approximate surface area is 129 Å². The van der Waals surface area contributed by atoms with Crippen molar-refractivity contribution in [2.45, 2.75) is 25.8 Å². The lowest BCUT2D eigenvalue weighted by Crippen LogP contribution is -2.30. The highest BCUT2D eigenvalue weighted by molar-refractivity contribution is 5.94. The summed E-state index contributed by atoms with van der Waals surface area (Å²) in [7, 11) is 1.84. The normalized spacial score (nSPS) is 17.5. The number of nitrogens with one attached hydrogen (secondary N) is 1. The van der Waals surface area contributed by atoms with E-state index in [0.717, 1.165) is 30.8 Å². The zero-order chi connectivity index (χ0) is 15.5. The Hall–Kier alpha value is -2.50. The summed E-state index contributed by atoms with van der Waals surface area (Å²) in [5.74, 6) is 1.48. The summed E-state index contributed by atoms with van der Waals surface area (Å²) >= 11 is 0. The highest BCUT2D eigenvalue weighted by Gasteiger charge is 2.31. The van der Waals surface area contributed by atoms with Gasteiger partial charge >= 0.3 is 0 Å². The Morgan fingerprint density at radius 3 is 2.82 bits per heavy atom. The molecule has 0 aromatic carbocycles. The third kappa shape index (κ3) is 2.77. The first kappa shape index (κ1) is 14.4. The van der Waals surface area contributed by atoms with Crippen LogP contribution in [0.3, 0.4) is 0 Å². The Bertz CT molecular complexity index is 670. The summed E-state index contributed by atoms with van der Waals surface area (Å²) in [5, 5.41) is 3.04. The van der Waals surface area contributed by atoms with E-state index in [1.807, 2.05) is 31.0 Å². The molecule has 114 valence electrons. The van der Waals surface area contributed by atoms with Crippen molar-refractivity contribution in [2.75, 3.05) is 18.9 Å². The van der Waals surface area contributed by atoms with E-state index < -0.39 is 0 Å². The second-order valence-electron chi connectivity index (χ2n) is 5.40. The number of likely N-dealkylation sites (tertiary alicyclic amines) is 1. The molecule has 1 unspecified atom stereocenters. The Kier molecular flexibility index (Phi) is 4.00. The number of aromatic nitrogens is 3. The van der Waals surface area contributed by atoms with Crippen molar-refractivity contribution in [3.63, 3.8) is 0 Å².